The Labute approximate surface area is 221 Å². The Bertz CT molecular complexity index is 1480. The fourth-order valence-corrected chi connectivity index (χ4v) is 4.47. The van der Waals surface area contributed by atoms with Gasteiger partial charge in [-0.15, -0.1) is 0 Å². The lowest BCUT2D eigenvalue weighted by atomic mass is 9.98. The molecule has 39 heavy (non-hydrogen) atoms. The first-order valence-corrected chi connectivity index (χ1v) is 12.3. The van der Waals surface area contributed by atoms with Crippen LogP contribution in [0.2, 0.25) is 0 Å². The number of benzene rings is 1. The van der Waals surface area contributed by atoms with Crippen molar-refractivity contribution in [3.05, 3.63) is 65.7 Å². The van der Waals surface area contributed by atoms with E-state index in [0.29, 0.717) is 71.1 Å². The third-order valence-corrected chi connectivity index (χ3v) is 6.66. The van der Waals surface area contributed by atoms with Gasteiger partial charge in [-0.2, -0.15) is 13.9 Å². The van der Waals surface area contributed by atoms with Crippen molar-refractivity contribution in [1.29, 1.82) is 0 Å². The maximum Gasteiger partial charge on any atom is 0.333 e. The van der Waals surface area contributed by atoms with Gasteiger partial charge in [-0.3, -0.25) is 9.88 Å². The summed E-state index contributed by atoms with van der Waals surface area (Å²) in [6.07, 6.45) is 2.62. The summed E-state index contributed by atoms with van der Waals surface area (Å²) in [7, 11) is 0. The van der Waals surface area contributed by atoms with E-state index >= 15 is 0 Å². The molecule has 1 atom stereocenters. The van der Waals surface area contributed by atoms with Crippen molar-refractivity contribution in [3.8, 4) is 11.3 Å². The minimum absolute atomic E-state index is 0.208. The highest BCUT2D eigenvalue weighted by molar-refractivity contribution is 5.83. The maximum absolute atomic E-state index is 14.2. The minimum atomic E-state index is -2.82. The highest BCUT2D eigenvalue weighted by atomic mass is 19.3. The Morgan fingerprint density at radius 2 is 1.74 bits per heavy atom. The Morgan fingerprint density at radius 3 is 2.38 bits per heavy atom. The van der Waals surface area contributed by atoms with Crippen molar-refractivity contribution in [3.63, 3.8) is 0 Å². The molecule has 1 aliphatic heterocycles. The lowest BCUT2D eigenvalue weighted by Crippen LogP contribution is -2.46. The standard InChI is InChI=1S/C26H27F4N7O2/c1-26(2,39)23(38)20-10-19-21(12-31-20)33-22(16-11-32-37(14-16)25(29)30)24(34-19)36-7-5-35(6-8-36)13-15-3-4-17(27)9-18(15)28/h3-4,9-12,14,23,25,38-39H,5-8,13H2,1-2H3/t23-/m1/s1. The van der Waals surface area contributed by atoms with Gasteiger partial charge >= 0.3 is 6.55 Å². The van der Waals surface area contributed by atoms with Crippen LogP contribution in [0.3, 0.4) is 0 Å². The molecule has 0 spiro atoms. The summed E-state index contributed by atoms with van der Waals surface area (Å²) < 4.78 is 54.4. The van der Waals surface area contributed by atoms with Crippen molar-refractivity contribution < 1.29 is 27.8 Å². The van der Waals surface area contributed by atoms with E-state index in [-0.39, 0.29) is 5.69 Å². The van der Waals surface area contributed by atoms with Crippen LogP contribution in [0.15, 0.2) is 42.9 Å². The van der Waals surface area contributed by atoms with E-state index in [1.165, 1.54) is 50.6 Å². The van der Waals surface area contributed by atoms with Gasteiger partial charge in [0.25, 0.3) is 0 Å². The number of anilines is 1. The van der Waals surface area contributed by atoms with Crippen molar-refractivity contribution in [1.82, 2.24) is 29.6 Å². The fraction of sp³-hybridized carbons (Fsp3) is 0.385. The summed E-state index contributed by atoms with van der Waals surface area (Å²) in [5, 5.41) is 24.4. The maximum atomic E-state index is 14.2. The average molecular weight is 546 g/mol. The molecule has 4 aromatic rings. The molecular weight excluding hydrogens is 518 g/mol. The number of piperazine rings is 1. The van der Waals surface area contributed by atoms with Crippen LogP contribution in [0, 0.1) is 11.6 Å². The van der Waals surface area contributed by atoms with Gasteiger partial charge < -0.3 is 15.1 Å². The monoisotopic (exact) mass is 545 g/mol. The Balaban J connectivity index is 1.47. The van der Waals surface area contributed by atoms with Crippen molar-refractivity contribution >= 4 is 16.9 Å². The zero-order valence-corrected chi connectivity index (χ0v) is 21.3. The Hall–Kier alpha value is -3.68. The molecule has 0 bridgehead atoms. The molecule has 0 unspecified atom stereocenters. The molecule has 3 aromatic heterocycles. The van der Waals surface area contributed by atoms with Gasteiger partial charge in [0.15, 0.2) is 5.82 Å². The third kappa shape index (κ3) is 5.70. The fourth-order valence-electron chi connectivity index (χ4n) is 4.47. The number of hydrogen-bond donors (Lipinski definition) is 2. The number of hydrogen-bond acceptors (Lipinski definition) is 8. The number of pyridine rings is 1. The number of aliphatic hydroxyl groups excluding tert-OH is 1. The van der Waals surface area contributed by atoms with E-state index in [2.05, 4.69) is 15.1 Å². The largest absolute Gasteiger partial charge is 0.387 e. The van der Waals surface area contributed by atoms with Gasteiger partial charge in [0.05, 0.1) is 29.2 Å². The molecule has 5 rings (SSSR count). The SMILES string of the molecule is CC(C)(O)[C@H](O)c1cc2nc(N3CCN(Cc4ccc(F)cc4F)CC3)c(-c3cnn(C(F)F)c3)nc2cn1. The summed E-state index contributed by atoms with van der Waals surface area (Å²) in [6, 6.07) is 5.05. The van der Waals surface area contributed by atoms with Crippen molar-refractivity contribution in [2.45, 2.75) is 38.6 Å². The van der Waals surface area contributed by atoms with E-state index in [0.717, 1.165) is 6.07 Å². The van der Waals surface area contributed by atoms with Gasteiger partial charge in [0, 0.05) is 56.1 Å². The predicted molar refractivity (Wildman–Crippen MR) is 135 cm³/mol. The normalized spacial score (nSPS) is 15.9. The van der Waals surface area contributed by atoms with E-state index < -0.39 is 29.9 Å². The second-order valence-electron chi connectivity index (χ2n) is 10.0. The zero-order valence-electron chi connectivity index (χ0n) is 21.3. The molecule has 1 aliphatic rings. The molecule has 13 heteroatoms. The molecule has 0 saturated carbocycles. The lowest BCUT2D eigenvalue weighted by Gasteiger charge is -2.36. The molecule has 4 heterocycles. The predicted octanol–water partition coefficient (Wildman–Crippen LogP) is 3.69. The molecule has 0 aliphatic carbocycles. The number of fused-ring (bicyclic) bond motifs is 1. The molecule has 9 nitrogen and oxygen atoms in total. The van der Waals surface area contributed by atoms with Crippen molar-refractivity contribution in [2.75, 3.05) is 31.1 Å². The van der Waals surface area contributed by atoms with Gasteiger partial charge in [0.2, 0.25) is 0 Å². The van der Waals surface area contributed by atoms with Crippen molar-refractivity contribution in [2.24, 2.45) is 0 Å². The highest BCUT2D eigenvalue weighted by Gasteiger charge is 2.29. The van der Waals surface area contributed by atoms with Gasteiger partial charge in [0.1, 0.15) is 28.9 Å². The first kappa shape index (κ1) is 26.9. The van der Waals surface area contributed by atoms with Crippen LogP contribution >= 0.6 is 0 Å². The van der Waals surface area contributed by atoms with Crippen LogP contribution in [0.5, 0.6) is 0 Å². The number of alkyl halides is 2. The minimum Gasteiger partial charge on any atom is -0.387 e. The van der Waals surface area contributed by atoms with Gasteiger partial charge in [-0.25, -0.2) is 23.4 Å². The molecule has 1 fully saturated rings. The molecule has 206 valence electrons. The number of aliphatic hydroxyl groups is 2. The van der Waals surface area contributed by atoms with Crippen LogP contribution < -0.4 is 4.90 Å². The average Bonchev–Trinajstić information content (AvgIpc) is 3.39. The molecule has 1 saturated heterocycles. The number of rotatable bonds is 7. The van der Waals surface area contributed by atoms with Crippen LogP contribution in [-0.4, -0.2) is 71.6 Å². The van der Waals surface area contributed by atoms with E-state index in [1.54, 1.807) is 0 Å². The summed E-state index contributed by atoms with van der Waals surface area (Å²) in [6.45, 7) is 2.42. The topological polar surface area (TPSA) is 103 Å². The van der Waals surface area contributed by atoms with Crippen LogP contribution in [0.4, 0.5) is 23.4 Å². The molecular formula is C26H27F4N7O2. The second kappa shape index (κ2) is 10.5. The zero-order chi connectivity index (χ0) is 27.9. The first-order valence-electron chi connectivity index (χ1n) is 12.3. The molecule has 0 radical (unpaired) electrons. The van der Waals surface area contributed by atoms with Crippen LogP contribution in [0.25, 0.3) is 22.3 Å². The first-order chi connectivity index (χ1) is 18.5. The molecule has 1 aromatic carbocycles. The van der Waals surface area contributed by atoms with E-state index in [4.69, 9.17) is 4.98 Å². The quantitative estimate of drug-likeness (QED) is 0.339. The second-order valence-corrected chi connectivity index (χ2v) is 10.0. The lowest BCUT2D eigenvalue weighted by molar-refractivity contribution is -0.0516. The van der Waals surface area contributed by atoms with Crippen LogP contribution in [0.1, 0.15) is 37.8 Å². The summed E-state index contributed by atoms with van der Waals surface area (Å²) >= 11 is 0. The van der Waals surface area contributed by atoms with E-state index in [1.807, 2.05) is 9.80 Å². The Morgan fingerprint density at radius 1 is 1.00 bits per heavy atom. The number of nitrogens with zero attached hydrogens (tertiary/aromatic N) is 7. The smallest absolute Gasteiger partial charge is 0.333 e. The van der Waals surface area contributed by atoms with Gasteiger partial charge in [-0.05, 0) is 26.0 Å². The summed E-state index contributed by atoms with van der Waals surface area (Å²) in [5.74, 6) is -0.806. The van der Waals surface area contributed by atoms with Gasteiger partial charge in [-0.1, -0.05) is 6.07 Å². The molecule has 0 amide bonds. The van der Waals surface area contributed by atoms with E-state index in [9.17, 15) is 27.8 Å². The Kier molecular flexibility index (Phi) is 7.23. The van der Waals surface area contributed by atoms with Crippen LogP contribution in [-0.2, 0) is 6.54 Å². The number of halogens is 4. The number of aromatic nitrogens is 5. The molecule has 2 N–H and O–H groups in total. The third-order valence-electron chi connectivity index (χ3n) is 6.66. The highest BCUT2D eigenvalue weighted by Crippen LogP contribution is 2.32. The summed E-state index contributed by atoms with van der Waals surface area (Å²) in [5.41, 5.74) is 0.609. The summed E-state index contributed by atoms with van der Waals surface area (Å²) in [4.78, 5) is 17.6.